The van der Waals surface area contributed by atoms with Gasteiger partial charge < -0.3 is 10.2 Å². The summed E-state index contributed by atoms with van der Waals surface area (Å²) in [5.41, 5.74) is 2.63. The Hall–Kier alpha value is -1.09. The summed E-state index contributed by atoms with van der Waals surface area (Å²) >= 11 is 0. The van der Waals surface area contributed by atoms with E-state index in [1.807, 2.05) is 0 Å². The van der Waals surface area contributed by atoms with Gasteiger partial charge in [-0.3, -0.25) is 0 Å². The van der Waals surface area contributed by atoms with Crippen LogP contribution in [-0.2, 0) is 6.54 Å². The van der Waals surface area contributed by atoms with Crippen molar-refractivity contribution in [3.63, 3.8) is 0 Å². The molecule has 1 aromatic heterocycles. The summed E-state index contributed by atoms with van der Waals surface area (Å²) in [6.07, 6.45) is 5.36. The molecule has 2 bridgehead atoms. The number of hydrogen-bond acceptors (Lipinski definition) is 3. The van der Waals surface area contributed by atoms with Crippen molar-refractivity contribution in [2.75, 3.05) is 18.0 Å². The fourth-order valence-corrected chi connectivity index (χ4v) is 3.75. The maximum absolute atomic E-state index is 4.96. The van der Waals surface area contributed by atoms with E-state index in [0.717, 1.165) is 25.0 Å². The molecule has 116 valence electrons. The van der Waals surface area contributed by atoms with Gasteiger partial charge in [-0.05, 0) is 61.8 Å². The summed E-state index contributed by atoms with van der Waals surface area (Å²) in [5.74, 6) is 2.64. The second-order valence-electron chi connectivity index (χ2n) is 7.08. The Balaban J connectivity index is 1.81. The highest BCUT2D eigenvalue weighted by Crippen LogP contribution is 2.40. The van der Waals surface area contributed by atoms with Crippen molar-refractivity contribution in [2.45, 2.75) is 65.0 Å². The van der Waals surface area contributed by atoms with Gasteiger partial charge in [-0.15, -0.1) is 0 Å². The molecule has 2 fully saturated rings. The van der Waals surface area contributed by atoms with Crippen molar-refractivity contribution >= 4 is 5.82 Å². The highest BCUT2D eigenvalue weighted by molar-refractivity contribution is 5.46. The fourth-order valence-electron chi connectivity index (χ4n) is 3.75. The topological polar surface area (TPSA) is 28.2 Å². The van der Waals surface area contributed by atoms with E-state index in [-0.39, 0.29) is 0 Å². The average Bonchev–Trinajstić information content (AvgIpc) is 3.10. The van der Waals surface area contributed by atoms with Crippen LogP contribution >= 0.6 is 0 Å². The fraction of sp³-hybridized carbons (Fsp3) is 0.722. The lowest BCUT2D eigenvalue weighted by Gasteiger charge is -2.29. The number of hydrogen-bond donors (Lipinski definition) is 1. The van der Waals surface area contributed by atoms with Crippen LogP contribution in [0.4, 0.5) is 5.82 Å². The van der Waals surface area contributed by atoms with Crippen LogP contribution in [-0.4, -0.2) is 24.1 Å². The molecule has 2 aliphatic rings. The number of anilines is 1. The molecule has 0 radical (unpaired) electrons. The number of pyridine rings is 1. The molecule has 3 nitrogen and oxygen atoms in total. The first kappa shape index (κ1) is 14.8. The van der Waals surface area contributed by atoms with E-state index >= 15 is 0 Å². The summed E-state index contributed by atoms with van der Waals surface area (Å²) in [7, 11) is 0. The van der Waals surface area contributed by atoms with E-state index in [1.54, 1.807) is 0 Å². The molecule has 1 aliphatic heterocycles. The number of rotatable bonds is 6. The molecule has 1 aromatic rings. The minimum absolute atomic E-state index is 0.495. The Morgan fingerprint density at radius 3 is 2.81 bits per heavy atom. The Morgan fingerprint density at radius 2 is 2.19 bits per heavy atom. The van der Waals surface area contributed by atoms with Crippen LogP contribution in [0.2, 0.25) is 0 Å². The van der Waals surface area contributed by atoms with E-state index in [0.29, 0.717) is 5.92 Å². The molecule has 2 unspecified atom stereocenters. The molecule has 1 N–H and O–H groups in total. The molecule has 0 aromatic carbocycles. The van der Waals surface area contributed by atoms with Crippen molar-refractivity contribution in [3.8, 4) is 0 Å². The van der Waals surface area contributed by atoms with Crippen LogP contribution in [0, 0.1) is 5.92 Å². The first-order valence-corrected chi connectivity index (χ1v) is 8.65. The van der Waals surface area contributed by atoms with Crippen LogP contribution in [0.1, 0.15) is 63.6 Å². The molecule has 3 heteroatoms. The molecule has 2 atom stereocenters. The van der Waals surface area contributed by atoms with Crippen molar-refractivity contribution < 1.29 is 0 Å². The van der Waals surface area contributed by atoms with Gasteiger partial charge >= 0.3 is 0 Å². The molecule has 1 aliphatic carbocycles. The molecule has 0 spiro atoms. The van der Waals surface area contributed by atoms with Crippen molar-refractivity contribution in [1.82, 2.24) is 10.3 Å². The zero-order valence-corrected chi connectivity index (χ0v) is 13.7. The number of nitrogens with one attached hydrogen (secondary N) is 1. The van der Waals surface area contributed by atoms with Gasteiger partial charge in [0.05, 0.1) is 0 Å². The lowest BCUT2D eigenvalue weighted by molar-refractivity contribution is 0.549. The number of aromatic nitrogens is 1. The SMILES string of the molecule is CCCNCc1cc(C(C)C)nc(N2CC3CCC2C3)c1. The van der Waals surface area contributed by atoms with Crippen molar-refractivity contribution in [1.29, 1.82) is 0 Å². The quantitative estimate of drug-likeness (QED) is 0.809. The molecule has 1 saturated carbocycles. The lowest BCUT2D eigenvalue weighted by atomic mass is 10.1. The molecule has 3 rings (SSSR count). The number of nitrogens with zero attached hydrogens (tertiary/aromatic N) is 2. The second kappa shape index (κ2) is 6.35. The van der Waals surface area contributed by atoms with Gasteiger partial charge in [0, 0.05) is 24.8 Å². The van der Waals surface area contributed by atoms with Crippen molar-refractivity contribution in [2.24, 2.45) is 5.92 Å². The van der Waals surface area contributed by atoms with Crippen LogP contribution in [0.25, 0.3) is 0 Å². The van der Waals surface area contributed by atoms with Gasteiger partial charge in [-0.1, -0.05) is 20.8 Å². The zero-order valence-electron chi connectivity index (χ0n) is 13.7. The first-order chi connectivity index (χ1) is 10.2. The smallest absolute Gasteiger partial charge is 0.129 e. The van der Waals surface area contributed by atoms with E-state index in [4.69, 9.17) is 4.98 Å². The third kappa shape index (κ3) is 3.23. The third-order valence-corrected chi connectivity index (χ3v) is 4.94. The van der Waals surface area contributed by atoms with Gasteiger partial charge in [-0.25, -0.2) is 4.98 Å². The molecule has 2 heterocycles. The second-order valence-corrected chi connectivity index (χ2v) is 7.08. The van der Waals surface area contributed by atoms with Crippen molar-refractivity contribution in [3.05, 3.63) is 23.4 Å². The zero-order chi connectivity index (χ0) is 14.8. The Morgan fingerprint density at radius 1 is 1.33 bits per heavy atom. The minimum atomic E-state index is 0.495. The normalized spacial score (nSPS) is 24.3. The predicted molar refractivity (Wildman–Crippen MR) is 88.8 cm³/mol. The summed E-state index contributed by atoms with van der Waals surface area (Å²) in [5, 5.41) is 3.52. The Kier molecular flexibility index (Phi) is 4.48. The first-order valence-electron chi connectivity index (χ1n) is 8.65. The van der Waals surface area contributed by atoms with Crippen LogP contribution in [0.5, 0.6) is 0 Å². The minimum Gasteiger partial charge on any atom is -0.353 e. The van der Waals surface area contributed by atoms with Gasteiger partial charge in [0.15, 0.2) is 0 Å². The largest absolute Gasteiger partial charge is 0.353 e. The summed E-state index contributed by atoms with van der Waals surface area (Å²) < 4.78 is 0. The molecule has 1 saturated heterocycles. The summed E-state index contributed by atoms with van der Waals surface area (Å²) in [6, 6.07) is 5.35. The Labute approximate surface area is 129 Å². The van der Waals surface area contributed by atoms with Crippen LogP contribution in [0.15, 0.2) is 12.1 Å². The monoisotopic (exact) mass is 287 g/mol. The molecular weight excluding hydrogens is 258 g/mol. The maximum Gasteiger partial charge on any atom is 0.129 e. The molecular formula is C18H29N3. The summed E-state index contributed by atoms with van der Waals surface area (Å²) in [4.78, 5) is 7.53. The molecule has 21 heavy (non-hydrogen) atoms. The Bertz CT molecular complexity index is 483. The van der Waals surface area contributed by atoms with Crippen LogP contribution in [0.3, 0.4) is 0 Å². The average molecular weight is 287 g/mol. The van der Waals surface area contributed by atoms with Gasteiger partial charge in [0.1, 0.15) is 5.82 Å². The predicted octanol–water partition coefficient (Wildman–Crippen LogP) is 3.69. The maximum atomic E-state index is 4.96. The number of fused-ring (bicyclic) bond motifs is 2. The van der Waals surface area contributed by atoms with Gasteiger partial charge in [0.25, 0.3) is 0 Å². The van der Waals surface area contributed by atoms with Gasteiger partial charge in [0.2, 0.25) is 0 Å². The highest BCUT2D eigenvalue weighted by Gasteiger charge is 2.38. The van der Waals surface area contributed by atoms with Gasteiger partial charge in [-0.2, -0.15) is 0 Å². The van der Waals surface area contributed by atoms with E-state index in [9.17, 15) is 0 Å². The lowest BCUT2D eigenvalue weighted by Crippen LogP contribution is -2.33. The van der Waals surface area contributed by atoms with E-state index < -0.39 is 0 Å². The standard InChI is InChI=1S/C18H29N3/c1-4-7-19-11-15-9-17(13(2)3)20-18(10-15)21-12-14-5-6-16(21)8-14/h9-10,13-14,16,19H,4-8,11-12H2,1-3H3. The third-order valence-electron chi connectivity index (χ3n) is 4.94. The molecule has 0 amide bonds. The highest BCUT2D eigenvalue weighted by atomic mass is 15.2. The van der Waals surface area contributed by atoms with E-state index in [2.05, 4.69) is 43.1 Å². The summed E-state index contributed by atoms with van der Waals surface area (Å²) in [6.45, 7) is 9.97. The van der Waals surface area contributed by atoms with Crippen LogP contribution < -0.4 is 10.2 Å². The van der Waals surface area contributed by atoms with E-state index in [1.165, 1.54) is 49.3 Å². The number of piperidine rings is 1.